The summed E-state index contributed by atoms with van der Waals surface area (Å²) in [6, 6.07) is 8.34. The summed E-state index contributed by atoms with van der Waals surface area (Å²) in [4.78, 5) is 31.6. The van der Waals surface area contributed by atoms with Gasteiger partial charge in [0.1, 0.15) is 16.2 Å². The first kappa shape index (κ1) is 20.6. The molecule has 1 saturated heterocycles. The number of carbonyl (C=O) groups excluding carboxylic acids is 2. The smallest absolute Gasteiger partial charge is 0.273 e. The summed E-state index contributed by atoms with van der Waals surface area (Å²) in [6.45, 7) is 5.42. The topological polar surface area (TPSA) is 88.1 Å². The number of likely N-dealkylation sites (tertiary alicyclic amines) is 1. The van der Waals surface area contributed by atoms with E-state index in [4.69, 9.17) is 0 Å². The van der Waals surface area contributed by atoms with Crippen molar-refractivity contribution in [2.45, 2.75) is 32.6 Å². The number of anilines is 1. The van der Waals surface area contributed by atoms with Crippen LogP contribution in [-0.4, -0.2) is 45.0 Å². The van der Waals surface area contributed by atoms with Crippen molar-refractivity contribution in [3.05, 3.63) is 46.4 Å². The number of rotatable bonds is 5. The van der Waals surface area contributed by atoms with Crippen molar-refractivity contribution in [2.24, 2.45) is 5.92 Å². The number of thiazole rings is 1. The molecule has 1 aliphatic rings. The third kappa shape index (κ3) is 4.57. The lowest BCUT2D eigenvalue weighted by Crippen LogP contribution is -2.41. The molecule has 9 heteroatoms. The summed E-state index contributed by atoms with van der Waals surface area (Å²) < 4.78 is 0. The summed E-state index contributed by atoms with van der Waals surface area (Å²) in [7, 11) is 0. The summed E-state index contributed by atoms with van der Waals surface area (Å²) in [5.41, 5.74) is 4.36. The Morgan fingerprint density at radius 2 is 1.87 bits per heavy atom. The van der Waals surface area contributed by atoms with Crippen LogP contribution in [0, 0.1) is 5.92 Å². The van der Waals surface area contributed by atoms with Crippen LogP contribution >= 0.6 is 22.7 Å². The molecule has 4 rings (SSSR count). The van der Waals surface area contributed by atoms with Crippen molar-refractivity contribution in [1.29, 1.82) is 0 Å². The van der Waals surface area contributed by atoms with Gasteiger partial charge in [0.15, 0.2) is 0 Å². The quantitative estimate of drug-likeness (QED) is 0.639. The fourth-order valence-electron chi connectivity index (χ4n) is 3.46. The molecule has 1 fully saturated rings. The molecule has 30 heavy (non-hydrogen) atoms. The SMILES string of the molecule is CC(C)c1ccc(-c2nc(C(=O)N3CCC(C(=O)Nc4nncs4)CC3)cs2)cc1. The Morgan fingerprint density at radius 1 is 1.13 bits per heavy atom. The van der Waals surface area contributed by atoms with E-state index in [1.807, 2.05) is 5.38 Å². The lowest BCUT2D eigenvalue weighted by Gasteiger charge is -2.30. The highest BCUT2D eigenvalue weighted by molar-refractivity contribution is 7.13. The monoisotopic (exact) mass is 441 g/mol. The average molecular weight is 442 g/mol. The van der Waals surface area contributed by atoms with Crippen molar-refractivity contribution in [1.82, 2.24) is 20.1 Å². The van der Waals surface area contributed by atoms with E-state index >= 15 is 0 Å². The van der Waals surface area contributed by atoms with Gasteiger partial charge in [-0.05, 0) is 24.3 Å². The van der Waals surface area contributed by atoms with Gasteiger partial charge in [-0.1, -0.05) is 49.4 Å². The molecule has 2 amide bonds. The summed E-state index contributed by atoms with van der Waals surface area (Å²) in [6.07, 6.45) is 1.26. The number of aromatic nitrogens is 3. The summed E-state index contributed by atoms with van der Waals surface area (Å²) in [5, 5.41) is 13.5. The van der Waals surface area contributed by atoms with Gasteiger partial charge < -0.3 is 10.2 Å². The molecule has 1 aromatic carbocycles. The first-order valence-electron chi connectivity index (χ1n) is 9.93. The van der Waals surface area contributed by atoms with E-state index in [1.165, 1.54) is 28.2 Å². The minimum Gasteiger partial charge on any atom is -0.337 e. The second-order valence-electron chi connectivity index (χ2n) is 7.61. The molecule has 3 heterocycles. The highest BCUT2D eigenvalue weighted by Crippen LogP contribution is 2.27. The number of nitrogens with zero attached hydrogens (tertiary/aromatic N) is 4. The Hall–Kier alpha value is -2.65. The number of benzene rings is 1. The standard InChI is InChI=1S/C21H23N5O2S2/c1-13(2)14-3-5-16(6-4-14)19-23-17(11-29-19)20(28)26-9-7-15(8-10-26)18(27)24-21-25-22-12-30-21/h3-6,11-13,15H,7-10H2,1-2H3,(H,24,25,27). The Labute approximate surface area is 183 Å². The van der Waals surface area contributed by atoms with E-state index in [1.54, 1.807) is 10.4 Å². The Bertz CT molecular complexity index is 1010. The fourth-order valence-corrected chi connectivity index (χ4v) is 4.70. The molecule has 0 bridgehead atoms. The number of hydrogen-bond acceptors (Lipinski definition) is 7. The van der Waals surface area contributed by atoms with Crippen LogP contribution < -0.4 is 5.32 Å². The first-order valence-corrected chi connectivity index (χ1v) is 11.7. The number of piperidine rings is 1. The van der Waals surface area contributed by atoms with Crippen LogP contribution in [-0.2, 0) is 4.79 Å². The molecule has 0 aliphatic carbocycles. The fraction of sp³-hybridized carbons (Fsp3) is 0.381. The second-order valence-corrected chi connectivity index (χ2v) is 9.31. The molecule has 0 spiro atoms. The Balaban J connectivity index is 1.35. The molecule has 2 aromatic heterocycles. The zero-order chi connectivity index (χ0) is 21.1. The highest BCUT2D eigenvalue weighted by atomic mass is 32.1. The van der Waals surface area contributed by atoms with Crippen LogP contribution in [0.4, 0.5) is 5.13 Å². The maximum Gasteiger partial charge on any atom is 0.273 e. The summed E-state index contributed by atoms with van der Waals surface area (Å²) in [5.74, 6) is 0.234. The van der Waals surface area contributed by atoms with E-state index in [0.717, 1.165) is 10.6 Å². The molecule has 156 valence electrons. The van der Waals surface area contributed by atoms with Gasteiger partial charge in [0, 0.05) is 30.0 Å². The van der Waals surface area contributed by atoms with Gasteiger partial charge in [-0.2, -0.15) is 0 Å². The third-order valence-corrected chi connectivity index (χ3v) is 6.79. The third-order valence-electron chi connectivity index (χ3n) is 5.29. The Kier molecular flexibility index (Phi) is 6.19. The van der Waals surface area contributed by atoms with E-state index in [9.17, 15) is 9.59 Å². The van der Waals surface area contributed by atoms with E-state index in [0.29, 0.717) is 42.7 Å². The second kappa shape index (κ2) is 9.01. The minimum atomic E-state index is -0.122. The van der Waals surface area contributed by atoms with Gasteiger partial charge in [-0.25, -0.2) is 4.98 Å². The maximum absolute atomic E-state index is 12.9. The van der Waals surface area contributed by atoms with Crippen molar-refractivity contribution in [3.8, 4) is 10.6 Å². The lowest BCUT2D eigenvalue weighted by atomic mass is 9.96. The van der Waals surface area contributed by atoms with Crippen molar-refractivity contribution < 1.29 is 9.59 Å². The van der Waals surface area contributed by atoms with Crippen LogP contribution in [0.15, 0.2) is 35.2 Å². The lowest BCUT2D eigenvalue weighted by molar-refractivity contribution is -0.121. The molecular formula is C21H23N5O2S2. The van der Waals surface area contributed by atoms with Crippen LogP contribution in [0.5, 0.6) is 0 Å². The van der Waals surface area contributed by atoms with Gasteiger partial charge in [0.05, 0.1) is 0 Å². The zero-order valence-corrected chi connectivity index (χ0v) is 18.5. The van der Waals surface area contributed by atoms with E-state index < -0.39 is 0 Å². The minimum absolute atomic E-state index is 0.0559. The summed E-state index contributed by atoms with van der Waals surface area (Å²) >= 11 is 2.78. The van der Waals surface area contributed by atoms with Crippen molar-refractivity contribution >= 4 is 39.6 Å². The predicted octanol–water partition coefficient (Wildman–Crippen LogP) is 4.28. The van der Waals surface area contributed by atoms with Gasteiger partial charge in [-0.15, -0.1) is 21.5 Å². The molecule has 0 saturated carbocycles. The predicted molar refractivity (Wildman–Crippen MR) is 119 cm³/mol. The van der Waals surface area contributed by atoms with Gasteiger partial charge in [0.25, 0.3) is 5.91 Å². The van der Waals surface area contributed by atoms with Crippen LogP contribution in [0.1, 0.15) is 48.7 Å². The number of carbonyl (C=O) groups is 2. The van der Waals surface area contributed by atoms with E-state index in [-0.39, 0.29) is 17.7 Å². The molecule has 1 aliphatic heterocycles. The van der Waals surface area contributed by atoms with Crippen molar-refractivity contribution in [2.75, 3.05) is 18.4 Å². The van der Waals surface area contributed by atoms with E-state index in [2.05, 4.69) is 58.6 Å². The highest BCUT2D eigenvalue weighted by Gasteiger charge is 2.29. The number of amides is 2. The van der Waals surface area contributed by atoms with Crippen LogP contribution in [0.25, 0.3) is 10.6 Å². The van der Waals surface area contributed by atoms with Gasteiger partial charge in [0.2, 0.25) is 11.0 Å². The molecule has 3 aromatic rings. The molecule has 7 nitrogen and oxygen atoms in total. The van der Waals surface area contributed by atoms with Gasteiger partial charge in [-0.3, -0.25) is 9.59 Å². The van der Waals surface area contributed by atoms with Crippen LogP contribution in [0.2, 0.25) is 0 Å². The number of hydrogen-bond donors (Lipinski definition) is 1. The zero-order valence-electron chi connectivity index (χ0n) is 16.9. The van der Waals surface area contributed by atoms with Gasteiger partial charge >= 0.3 is 0 Å². The van der Waals surface area contributed by atoms with Crippen molar-refractivity contribution in [3.63, 3.8) is 0 Å². The largest absolute Gasteiger partial charge is 0.337 e. The molecule has 0 radical (unpaired) electrons. The molecule has 1 N–H and O–H groups in total. The molecule has 0 atom stereocenters. The molecular weight excluding hydrogens is 418 g/mol. The average Bonchev–Trinajstić information content (AvgIpc) is 3.46. The molecule has 0 unspecified atom stereocenters. The first-order chi connectivity index (χ1) is 14.5. The number of nitrogens with one attached hydrogen (secondary N) is 1. The van der Waals surface area contributed by atoms with Crippen LogP contribution in [0.3, 0.4) is 0 Å². The maximum atomic E-state index is 12.9. The normalized spacial score (nSPS) is 14.8. The Morgan fingerprint density at radius 3 is 2.50 bits per heavy atom.